The molecule has 0 amide bonds. The minimum Gasteiger partial charge on any atom is -0.314 e. The lowest BCUT2D eigenvalue weighted by Crippen LogP contribution is -2.23. The van der Waals surface area contributed by atoms with Crippen molar-refractivity contribution in [2.24, 2.45) is 0 Å². The predicted molar refractivity (Wildman–Crippen MR) is 60.9 cm³/mol. The van der Waals surface area contributed by atoms with E-state index < -0.39 is 0 Å². The second kappa shape index (κ2) is 4.41. The second-order valence-electron chi connectivity index (χ2n) is 4.32. The van der Waals surface area contributed by atoms with Crippen LogP contribution in [0.25, 0.3) is 0 Å². The maximum Gasteiger partial charge on any atom is 0.0943 e. The molecule has 1 N–H and O–H groups in total. The van der Waals surface area contributed by atoms with Crippen LogP contribution in [0, 0.1) is 0 Å². The van der Waals surface area contributed by atoms with Gasteiger partial charge in [0.25, 0.3) is 0 Å². The van der Waals surface area contributed by atoms with E-state index in [0.717, 1.165) is 6.42 Å². The first kappa shape index (κ1) is 10.1. The Labute approximate surface area is 89.8 Å². The first-order chi connectivity index (χ1) is 6.75. The van der Waals surface area contributed by atoms with Crippen LogP contribution >= 0.6 is 11.3 Å². The van der Waals surface area contributed by atoms with E-state index in [-0.39, 0.29) is 0 Å². The zero-order chi connectivity index (χ0) is 9.97. The SMILES string of the molecule is CC(C)c1csc(CC2CCCN2)n1. The summed E-state index contributed by atoms with van der Waals surface area (Å²) in [6, 6.07) is 0.682. The molecule has 1 aromatic heterocycles. The molecule has 78 valence electrons. The lowest BCUT2D eigenvalue weighted by Gasteiger charge is -2.06. The third-order valence-corrected chi connectivity index (χ3v) is 3.63. The van der Waals surface area contributed by atoms with E-state index in [1.807, 2.05) is 11.3 Å². The zero-order valence-corrected chi connectivity index (χ0v) is 9.73. The Morgan fingerprint density at radius 1 is 1.64 bits per heavy atom. The van der Waals surface area contributed by atoms with Gasteiger partial charge in [-0.1, -0.05) is 13.8 Å². The third-order valence-electron chi connectivity index (χ3n) is 2.74. The van der Waals surface area contributed by atoms with Gasteiger partial charge in [-0.3, -0.25) is 0 Å². The predicted octanol–water partition coefficient (Wildman–Crippen LogP) is 2.56. The van der Waals surface area contributed by atoms with E-state index >= 15 is 0 Å². The first-order valence-corrected chi connectivity index (χ1v) is 6.31. The van der Waals surface area contributed by atoms with Gasteiger partial charge in [0, 0.05) is 17.8 Å². The van der Waals surface area contributed by atoms with E-state index in [1.165, 1.54) is 30.1 Å². The van der Waals surface area contributed by atoms with E-state index in [1.54, 1.807) is 0 Å². The molecule has 1 fully saturated rings. The molecule has 1 unspecified atom stereocenters. The summed E-state index contributed by atoms with van der Waals surface area (Å²) >= 11 is 1.81. The van der Waals surface area contributed by atoms with E-state index in [4.69, 9.17) is 0 Å². The summed E-state index contributed by atoms with van der Waals surface area (Å²) in [6.07, 6.45) is 3.76. The smallest absolute Gasteiger partial charge is 0.0943 e. The molecule has 2 heterocycles. The standard InChI is InChI=1S/C11H18N2S/c1-8(2)10-7-14-11(13-10)6-9-4-3-5-12-9/h7-9,12H,3-6H2,1-2H3. The third kappa shape index (κ3) is 2.34. The van der Waals surface area contributed by atoms with Gasteiger partial charge in [0.15, 0.2) is 0 Å². The van der Waals surface area contributed by atoms with Gasteiger partial charge in [0.2, 0.25) is 0 Å². The number of nitrogens with zero attached hydrogens (tertiary/aromatic N) is 1. The zero-order valence-electron chi connectivity index (χ0n) is 8.92. The van der Waals surface area contributed by atoms with Gasteiger partial charge in [-0.2, -0.15) is 0 Å². The van der Waals surface area contributed by atoms with Crippen LogP contribution in [0.5, 0.6) is 0 Å². The van der Waals surface area contributed by atoms with Crippen molar-refractivity contribution in [2.75, 3.05) is 6.54 Å². The maximum atomic E-state index is 4.65. The fourth-order valence-corrected chi connectivity index (χ4v) is 2.86. The van der Waals surface area contributed by atoms with Gasteiger partial charge in [0.05, 0.1) is 10.7 Å². The molecule has 0 saturated carbocycles. The molecule has 0 aliphatic carbocycles. The molecule has 0 aromatic carbocycles. The summed E-state index contributed by atoms with van der Waals surface area (Å²) in [7, 11) is 0. The molecule has 14 heavy (non-hydrogen) atoms. The molecule has 1 saturated heterocycles. The highest BCUT2D eigenvalue weighted by atomic mass is 32.1. The van der Waals surface area contributed by atoms with Crippen LogP contribution in [0.1, 0.15) is 43.3 Å². The number of rotatable bonds is 3. The fourth-order valence-electron chi connectivity index (χ4n) is 1.83. The summed E-state index contributed by atoms with van der Waals surface area (Å²) in [6.45, 7) is 5.59. The average molecular weight is 210 g/mol. The normalized spacial score (nSPS) is 22.1. The molecule has 0 bridgehead atoms. The van der Waals surface area contributed by atoms with Crippen molar-refractivity contribution >= 4 is 11.3 Å². The van der Waals surface area contributed by atoms with Gasteiger partial charge in [-0.05, 0) is 25.3 Å². The Hall–Kier alpha value is -0.410. The Balaban J connectivity index is 1.95. The number of thiazole rings is 1. The van der Waals surface area contributed by atoms with Crippen LogP contribution < -0.4 is 5.32 Å². The molecule has 1 aliphatic heterocycles. The van der Waals surface area contributed by atoms with E-state index in [9.17, 15) is 0 Å². The highest BCUT2D eigenvalue weighted by molar-refractivity contribution is 7.09. The van der Waals surface area contributed by atoms with Crippen molar-refractivity contribution in [3.63, 3.8) is 0 Å². The van der Waals surface area contributed by atoms with Crippen LogP contribution in [0.15, 0.2) is 5.38 Å². The Morgan fingerprint density at radius 3 is 3.07 bits per heavy atom. The lowest BCUT2D eigenvalue weighted by atomic mass is 10.1. The number of hydrogen-bond acceptors (Lipinski definition) is 3. The highest BCUT2D eigenvalue weighted by Gasteiger charge is 2.16. The molecule has 3 heteroatoms. The van der Waals surface area contributed by atoms with Crippen molar-refractivity contribution < 1.29 is 0 Å². The van der Waals surface area contributed by atoms with Gasteiger partial charge in [-0.15, -0.1) is 11.3 Å². The summed E-state index contributed by atoms with van der Waals surface area (Å²) in [5.74, 6) is 0.566. The number of aromatic nitrogens is 1. The highest BCUT2D eigenvalue weighted by Crippen LogP contribution is 2.20. The largest absolute Gasteiger partial charge is 0.314 e. The average Bonchev–Trinajstić information content (AvgIpc) is 2.75. The second-order valence-corrected chi connectivity index (χ2v) is 5.26. The molecule has 1 aromatic rings. The molecular weight excluding hydrogens is 192 g/mol. The van der Waals surface area contributed by atoms with Gasteiger partial charge < -0.3 is 5.32 Å². The minimum atomic E-state index is 0.566. The van der Waals surface area contributed by atoms with Crippen molar-refractivity contribution in [2.45, 2.75) is 45.1 Å². The van der Waals surface area contributed by atoms with Crippen molar-refractivity contribution in [3.05, 3.63) is 16.1 Å². The molecule has 2 nitrogen and oxygen atoms in total. The van der Waals surface area contributed by atoms with Crippen LogP contribution in [0.2, 0.25) is 0 Å². The number of nitrogens with one attached hydrogen (secondary N) is 1. The van der Waals surface area contributed by atoms with Crippen LogP contribution in [-0.2, 0) is 6.42 Å². The monoisotopic (exact) mass is 210 g/mol. The molecular formula is C11H18N2S. The summed E-state index contributed by atoms with van der Waals surface area (Å²) in [4.78, 5) is 4.65. The maximum absolute atomic E-state index is 4.65. The van der Waals surface area contributed by atoms with E-state index in [0.29, 0.717) is 12.0 Å². The van der Waals surface area contributed by atoms with Crippen LogP contribution in [0.3, 0.4) is 0 Å². The molecule has 2 rings (SSSR count). The Bertz CT molecular complexity index is 287. The lowest BCUT2D eigenvalue weighted by molar-refractivity contribution is 0.599. The topological polar surface area (TPSA) is 24.9 Å². The summed E-state index contributed by atoms with van der Waals surface area (Å²) in [5, 5.41) is 7.01. The van der Waals surface area contributed by atoms with Crippen molar-refractivity contribution in [1.29, 1.82) is 0 Å². The fraction of sp³-hybridized carbons (Fsp3) is 0.727. The molecule has 1 aliphatic rings. The molecule has 0 radical (unpaired) electrons. The van der Waals surface area contributed by atoms with Gasteiger partial charge in [-0.25, -0.2) is 4.98 Å². The minimum absolute atomic E-state index is 0.566. The summed E-state index contributed by atoms with van der Waals surface area (Å²) in [5.41, 5.74) is 1.25. The first-order valence-electron chi connectivity index (χ1n) is 5.43. The van der Waals surface area contributed by atoms with E-state index in [2.05, 4.69) is 29.5 Å². The molecule has 1 atom stereocenters. The molecule has 0 spiro atoms. The summed E-state index contributed by atoms with van der Waals surface area (Å²) < 4.78 is 0. The Kier molecular flexibility index (Phi) is 3.19. The van der Waals surface area contributed by atoms with Gasteiger partial charge in [0.1, 0.15) is 0 Å². The van der Waals surface area contributed by atoms with Crippen molar-refractivity contribution in [3.8, 4) is 0 Å². The number of hydrogen-bond donors (Lipinski definition) is 1. The van der Waals surface area contributed by atoms with Crippen molar-refractivity contribution in [1.82, 2.24) is 10.3 Å². The van der Waals surface area contributed by atoms with Crippen LogP contribution in [-0.4, -0.2) is 17.6 Å². The van der Waals surface area contributed by atoms with Gasteiger partial charge >= 0.3 is 0 Å². The van der Waals surface area contributed by atoms with Crippen LogP contribution in [0.4, 0.5) is 0 Å². The Morgan fingerprint density at radius 2 is 2.50 bits per heavy atom. The quantitative estimate of drug-likeness (QED) is 0.829.